The predicted octanol–water partition coefficient (Wildman–Crippen LogP) is 2.70. The number of non-ortho nitro benzene ring substituents is 1. The van der Waals surface area contributed by atoms with Gasteiger partial charge in [-0.05, 0) is 31.2 Å². The molecule has 7 nitrogen and oxygen atoms in total. The van der Waals surface area contributed by atoms with Crippen LogP contribution in [0.15, 0.2) is 18.2 Å². The van der Waals surface area contributed by atoms with Crippen molar-refractivity contribution >= 4 is 22.7 Å². The number of fused-ring (bicyclic) bond motifs is 1. The van der Waals surface area contributed by atoms with E-state index < -0.39 is 4.92 Å². The minimum Gasteiger partial charge on any atom is -0.381 e. The van der Waals surface area contributed by atoms with E-state index in [9.17, 15) is 10.1 Å². The van der Waals surface area contributed by atoms with Crippen LogP contribution in [0.2, 0.25) is 0 Å². The smallest absolute Gasteiger partial charge is 0.271 e. The number of H-pyrrole nitrogens is 1. The minimum atomic E-state index is -0.412. The monoisotopic (exact) mass is 290 g/mol. The molecule has 0 aliphatic heterocycles. The summed E-state index contributed by atoms with van der Waals surface area (Å²) in [6.45, 7) is 2.39. The van der Waals surface area contributed by atoms with E-state index in [0.717, 1.165) is 32.1 Å². The third-order valence-corrected chi connectivity index (χ3v) is 3.48. The molecule has 0 atom stereocenters. The Hall–Kier alpha value is -2.15. The second-order valence-electron chi connectivity index (χ2n) is 5.34. The molecule has 1 fully saturated rings. The number of rotatable bonds is 8. The van der Waals surface area contributed by atoms with Gasteiger partial charge >= 0.3 is 0 Å². The van der Waals surface area contributed by atoms with Crippen LogP contribution in [0.25, 0.3) is 11.0 Å². The Balaban J connectivity index is 1.48. The first kappa shape index (κ1) is 13.8. The fourth-order valence-corrected chi connectivity index (χ4v) is 2.11. The quantitative estimate of drug-likeness (QED) is 0.443. The van der Waals surface area contributed by atoms with Crippen LogP contribution in [0.4, 0.5) is 11.6 Å². The van der Waals surface area contributed by atoms with Crippen molar-refractivity contribution in [3.63, 3.8) is 0 Å². The van der Waals surface area contributed by atoms with Crippen LogP contribution in [-0.2, 0) is 4.74 Å². The lowest BCUT2D eigenvalue weighted by atomic mass is 10.3. The van der Waals surface area contributed by atoms with Crippen molar-refractivity contribution in [1.29, 1.82) is 0 Å². The van der Waals surface area contributed by atoms with E-state index in [2.05, 4.69) is 15.3 Å². The highest BCUT2D eigenvalue weighted by molar-refractivity contribution is 5.79. The zero-order chi connectivity index (χ0) is 14.7. The molecule has 1 heterocycles. The number of hydrogen-bond acceptors (Lipinski definition) is 5. The maximum atomic E-state index is 10.7. The van der Waals surface area contributed by atoms with Gasteiger partial charge in [0, 0.05) is 31.9 Å². The average Bonchev–Trinajstić information content (AvgIpc) is 3.19. The van der Waals surface area contributed by atoms with Crippen LogP contribution < -0.4 is 5.32 Å². The molecule has 1 aromatic carbocycles. The van der Waals surface area contributed by atoms with Gasteiger partial charge in [-0.25, -0.2) is 4.98 Å². The first-order valence-corrected chi connectivity index (χ1v) is 7.18. The van der Waals surface area contributed by atoms with Gasteiger partial charge in [0.05, 0.1) is 16.0 Å². The van der Waals surface area contributed by atoms with E-state index in [1.165, 1.54) is 25.0 Å². The molecule has 0 unspecified atom stereocenters. The van der Waals surface area contributed by atoms with Gasteiger partial charge in [-0.2, -0.15) is 0 Å². The Morgan fingerprint density at radius 2 is 2.33 bits per heavy atom. The zero-order valence-electron chi connectivity index (χ0n) is 11.7. The molecule has 0 spiro atoms. The number of anilines is 1. The lowest BCUT2D eigenvalue weighted by Gasteiger charge is -2.03. The van der Waals surface area contributed by atoms with E-state index in [1.54, 1.807) is 6.07 Å². The SMILES string of the molecule is O=[N+]([O-])c1ccc2nc(NCCCOCC3CC3)[nH]c2c1. The van der Waals surface area contributed by atoms with Gasteiger partial charge in [0.1, 0.15) is 0 Å². The van der Waals surface area contributed by atoms with E-state index in [4.69, 9.17) is 4.74 Å². The van der Waals surface area contributed by atoms with Crippen molar-refractivity contribution in [3.05, 3.63) is 28.3 Å². The van der Waals surface area contributed by atoms with Crippen LogP contribution in [0.3, 0.4) is 0 Å². The number of nitrogens with one attached hydrogen (secondary N) is 2. The third kappa shape index (κ3) is 3.69. The topological polar surface area (TPSA) is 93.1 Å². The Labute approximate surface area is 121 Å². The summed E-state index contributed by atoms with van der Waals surface area (Å²) in [6, 6.07) is 4.60. The largest absolute Gasteiger partial charge is 0.381 e. The van der Waals surface area contributed by atoms with E-state index in [0.29, 0.717) is 17.0 Å². The lowest BCUT2D eigenvalue weighted by Crippen LogP contribution is -2.07. The number of ether oxygens (including phenoxy) is 1. The predicted molar refractivity (Wildman–Crippen MR) is 79.4 cm³/mol. The average molecular weight is 290 g/mol. The van der Waals surface area contributed by atoms with Gasteiger partial charge in [0.25, 0.3) is 5.69 Å². The first-order valence-electron chi connectivity index (χ1n) is 7.18. The molecule has 2 N–H and O–H groups in total. The highest BCUT2D eigenvalue weighted by atomic mass is 16.6. The summed E-state index contributed by atoms with van der Waals surface area (Å²) in [5.41, 5.74) is 1.44. The number of aromatic amines is 1. The highest BCUT2D eigenvalue weighted by Gasteiger charge is 2.20. The molecule has 7 heteroatoms. The van der Waals surface area contributed by atoms with Gasteiger partial charge in [-0.3, -0.25) is 10.1 Å². The normalized spacial score (nSPS) is 14.5. The van der Waals surface area contributed by atoms with Gasteiger partial charge in [0.15, 0.2) is 0 Å². The van der Waals surface area contributed by atoms with Gasteiger partial charge < -0.3 is 15.0 Å². The number of nitrogens with zero attached hydrogens (tertiary/aromatic N) is 2. The third-order valence-electron chi connectivity index (χ3n) is 3.48. The molecule has 1 saturated carbocycles. The maximum Gasteiger partial charge on any atom is 0.271 e. The summed E-state index contributed by atoms with van der Waals surface area (Å²) in [5.74, 6) is 1.43. The molecule has 0 saturated heterocycles. The summed E-state index contributed by atoms with van der Waals surface area (Å²) < 4.78 is 5.55. The van der Waals surface area contributed by atoms with Gasteiger partial charge in [-0.15, -0.1) is 0 Å². The number of benzene rings is 1. The molecular formula is C14H18N4O3. The summed E-state index contributed by atoms with van der Waals surface area (Å²) in [4.78, 5) is 17.7. The molecule has 1 aliphatic rings. The molecule has 0 radical (unpaired) electrons. The molecule has 21 heavy (non-hydrogen) atoms. The number of nitro benzene ring substituents is 1. The van der Waals surface area contributed by atoms with E-state index >= 15 is 0 Å². The van der Waals surface area contributed by atoms with Crippen molar-refractivity contribution in [2.24, 2.45) is 5.92 Å². The summed E-state index contributed by atoms with van der Waals surface area (Å²) >= 11 is 0. The maximum absolute atomic E-state index is 10.7. The molecule has 2 aromatic rings. The lowest BCUT2D eigenvalue weighted by molar-refractivity contribution is -0.384. The fraction of sp³-hybridized carbons (Fsp3) is 0.500. The Bertz CT molecular complexity index is 636. The van der Waals surface area contributed by atoms with Gasteiger partial charge in [-0.1, -0.05) is 0 Å². The van der Waals surface area contributed by atoms with Crippen LogP contribution in [0, 0.1) is 16.0 Å². The summed E-state index contributed by atoms with van der Waals surface area (Å²) in [6.07, 6.45) is 3.52. The zero-order valence-corrected chi connectivity index (χ0v) is 11.7. The van der Waals surface area contributed by atoms with Gasteiger partial charge in [0.2, 0.25) is 5.95 Å². The number of nitro groups is 1. The fourth-order valence-electron chi connectivity index (χ4n) is 2.11. The van der Waals surface area contributed by atoms with Crippen LogP contribution in [0.5, 0.6) is 0 Å². The number of aromatic nitrogens is 2. The Morgan fingerprint density at radius 3 is 3.10 bits per heavy atom. The van der Waals surface area contributed by atoms with Crippen molar-refractivity contribution in [2.45, 2.75) is 19.3 Å². The van der Waals surface area contributed by atoms with Crippen molar-refractivity contribution in [2.75, 3.05) is 25.1 Å². The Morgan fingerprint density at radius 1 is 1.48 bits per heavy atom. The number of hydrogen-bond donors (Lipinski definition) is 2. The van der Waals surface area contributed by atoms with Crippen molar-refractivity contribution in [3.8, 4) is 0 Å². The van der Waals surface area contributed by atoms with Crippen LogP contribution in [0.1, 0.15) is 19.3 Å². The summed E-state index contributed by atoms with van der Waals surface area (Å²) in [5, 5.41) is 13.9. The molecule has 3 rings (SSSR count). The molecular weight excluding hydrogens is 272 g/mol. The summed E-state index contributed by atoms with van der Waals surface area (Å²) in [7, 11) is 0. The molecule has 1 aliphatic carbocycles. The number of imidazole rings is 1. The molecule has 0 amide bonds. The molecule has 0 bridgehead atoms. The van der Waals surface area contributed by atoms with Crippen molar-refractivity contribution in [1.82, 2.24) is 9.97 Å². The molecule has 112 valence electrons. The second kappa shape index (κ2) is 6.09. The highest BCUT2D eigenvalue weighted by Crippen LogP contribution is 2.28. The molecule has 1 aromatic heterocycles. The van der Waals surface area contributed by atoms with E-state index in [1.807, 2.05) is 0 Å². The minimum absolute atomic E-state index is 0.0613. The Kier molecular flexibility index (Phi) is 4.01. The first-order chi connectivity index (χ1) is 10.2. The van der Waals surface area contributed by atoms with E-state index in [-0.39, 0.29) is 5.69 Å². The standard InChI is InChI=1S/C14H18N4O3/c19-18(20)11-4-5-12-13(8-11)17-14(16-12)15-6-1-7-21-9-10-2-3-10/h4-5,8,10H,1-3,6-7,9H2,(H2,15,16,17). The van der Waals surface area contributed by atoms with Crippen LogP contribution >= 0.6 is 0 Å². The van der Waals surface area contributed by atoms with Crippen molar-refractivity contribution < 1.29 is 9.66 Å². The second-order valence-corrected chi connectivity index (χ2v) is 5.34. The van der Waals surface area contributed by atoms with Crippen LogP contribution in [-0.4, -0.2) is 34.6 Å².